The van der Waals surface area contributed by atoms with Gasteiger partial charge in [-0.15, -0.1) is 10.2 Å². The lowest BCUT2D eigenvalue weighted by molar-refractivity contribution is -0.113. The largest absolute Gasteiger partial charge is 0.459 e. The Bertz CT molecular complexity index is 1050. The molecule has 3 aromatic heterocycles. The maximum atomic E-state index is 12.6. The molecule has 29 heavy (non-hydrogen) atoms. The average Bonchev–Trinajstić information content (AvgIpc) is 3.50. The Labute approximate surface area is 172 Å². The van der Waals surface area contributed by atoms with Crippen LogP contribution in [0.4, 0.5) is 5.82 Å². The lowest BCUT2D eigenvalue weighted by Gasteiger charge is -2.19. The van der Waals surface area contributed by atoms with Crippen LogP contribution in [0.25, 0.3) is 11.7 Å². The maximum absolute atomic E-state index is 12.6. The van der Waals surface area contributed by atoms with Crippen LogP contribution >= 0.6 is 11.8 Å². The summed E-state index contributed by atoms with van der Waals surface area (Å²) in [5.41, 5.74) is 2.49. The SMILES string of the molecule is Cc1c(C#N)c(NC(=O)CSc2nnc(-c3ccco3)o2)n(C2CCCC2)c1C. The minimum Gasteiger partial charge on any atom is -0.459 e. The zero-order valence-electron chi connectivity index (χ0n) is 16.3. The number of nitriles is 1. The van der Waals surface area contributed by atoms with E-state index in [2.05, 4.69) is 26.2 Å². The number of hydrogen-bond acceptors (Lipinski definition) is 7. The molecule has 0 spiro atoms. The zero-order chi connectivity index (χ0) is 20.4. The van der Waals surface area contributed by atoms with Crippen molar-refractivity contribution in [2.45, 2.75) is 50.8 Å². The average molecular weight is 411 g/mol. The number of carbonyl (C=O) groups excluding carboxylic acids is 1. The molecule has 1 aliphatic rings. The highest BCUT2D eigenvalue weighted by atomic mass is 32.2. The molecular weight excluding hydrogens is 390 g/mol. The molecule has 1 saturated carbocycles. The van der Waals surface area contributed by atoms with Gasteiger partial charge in [0.2, 0.25) is 5.91 Å². The van der Waals surface area contributed by atoms with E-state index in [0.717, 1.165) is 35.9 Å². The van der Waals surface area contributed by atoms with Crippen LogP contribution in [0, 0.1) is 25.2 Å². The number of thioether (sulfide) groups is 1. The monoisotopic (exact) mass is 411 g/mol. The molecule has 0 radical (unpaired) electrons. The van der Waals surface area contributed by atoms with Gasteiger partial charge in [0.1, 0.15) is 11.9 Å². The van der Waals surface area contributed by atoms with E-state index in [0.29, 0.717) is 23.2 Å². The van der Waals surface area contributed by atoms with Crippen LogP contribution in [0.2, 0.25) is 0 Å². The summed E-state index contributed by atoms with van der Waals surface area (Å²) >= 11 is 1.14. The van der Waals surface area contributed by atoms with Crippen molar-refractivity contribution in [3.05, 3.63) is 35.2 Å². The molecule has 0 aliphatic heterocycles. The zero-order valence-corrected chi connectivity index (χ0v) is 17.1. The predicted octanol–water partition coefficient (Wildman–Crippen LogP) is 4.47. The number of amides is 1. The fourth-order valence-electron chi connectivity index (χ4n) is 3.77. The molecule has 1 N–H and O–H groups in total. The van der Waals surface area contributed by atoms with Gasteiger partial charge in [-0.25, -0.2) is 0 Å². The van der Waals surface area contributed by atoms with Crippen molar-refractivity contribution in [1.82, 2.24) is 14.8 Å². The van der Waals surface area contributed by atoms with Crippen LogP contribution in [-0.4, -0.2) is 26.4 Å². The van der Waals surface area contributed by atoms with Gasteiger partial charge in [-0.1, -0.05) is 24.6 Å². The molecule has 1 amide bonds. The van der Waals surface area contributed by atoms with Crippen molar-refractivity contribution < 1.29 is 13.6 Å². The molecule has 0 bridgehead atoms. The van der Waals surface area contributed by atoms with Crippen molar-refractivity contribution in [1.29, 1.82) is 5.26 Å². The number of nitrogens with one attached hydrogen (secondary N) is 1. The van der Waals surface area contributed by atoms with Gasteiger partial charge in [-0.2, -0.15) is 5.26 Å². The number of carbonyl (C=O) groups is 1. The molecule has 150 valence electrons. The fourth-order valence-corrected chi connectivity index (χ4v) is 4.33. The van der Waals surface area contributed by atoms with E-state index in [-0.39, 0.29) is 22.8 Å². The number of rotatable bonds is 6. The molecule has 3 heterocycles. The molecule has 1 aliphatic carbocycles. The molecule has 0 unspecified atom stereocenters. The minimum absolute atomic E-state index is 0.0958. The second-order valence-electron chi connectivity index (χ2n) is 7.04. The molecule has 8 nitrogen and oxygen atoms in total. The standard InChI is InChI=1S/C20H21N5O3S/c1-12-13(2)25(14-6-3-4-7-14)18(15(12)10-21)22-17(26)11-29-20-24-23-19(28-20)16-8-5-9-27-16/h5,8-9,14H,3-4,6-7,11H2,1-2H3,(H,22,26). The van der Waals surface area contributed by atoms with E-state index < -0.39 is 0 Å². The summed E-state index contributed by atoms with van der Waals surface area (Å²) in [6.45, 7) is 3.94. The van der Waals surface area contributed by atoms with E-state index in [1.54, 1.807) is 12.1 Å². The number of hydrogen-bond donors (Lipinski definition) is 1. The molecule has 0 aromatic carbocycles. The van der Waals surface area contributed by atoms with E-state index in [9.17, 15) is 10.1 Å². The van der Waals surface area contributed by atoms with E-state index >= 15 is 0 Å². The first-order valence-electron chi connectivity index (χ1n) is 9.50. The summed E-state index contributed by atoms with van der Waals surface area (Å²) < 4.78 is 12.9. The molecule has 3 aromatic rings. The number of furan rings is 1. The van der Waals surface area contributed by atoms with Crippen LogP contribution in [0.15, 0.2) is 32.5 Å². The quantitative estimate of drug-likeness (QED) is 0.596. The lowest BCUT2D eigenvalue weighted by atomic mass is 10.2. The third-order valence-corrected chi connectivity index (χ3v) is 6.10. The third kappa shape index (κ3) is 3.80. The van der Waals surface area contributed by atoms with Gasteiger partial charge in [0, 0.05) is 11.7 Å². The van der Waals surface area contributed by atoms with Crippen molar-refractivity contribution in [2.24, 2.45) is 0 Å². The summed E-state index contributed by atoms with van der Waals surface area (Å²) in [5.74, 6) is 1.22. The van der Waals surface area contributed by atoms with Gasteiger partial charge in [-0.3, -0.25) is 4.79 Å². The summed E-state index contributed by atoms with van der Waals surface area (Å²) in [6, 6.07) is 6.03. The Morgan fingerprint density at radius 2 is 2.17 bits per heavy atom. The Hall–Kier alpha value is -2.99. The van der Waals surface area contributed by atoms with E-state index in [1.165, 1.54) is 19.1 Å². The van der Waals surface area contributed by atoms with E-state index in [1.807, 2.05) is 13.8 Å². The second kappa shape index (κ2) is 8.17. The Kier molecular flexibility index (Phi) is 5.45. The molecule has 1 fully saturated rings. The smallest absolute Gasteiger partial charge is 0.284 e. The minimum atomic E-state index is -0.221. The molecule has 4 rings (SSSR count). The predicted molar refractivity (Wildman–Crippen MR) is 107 cm³/mol. The van der Waals surface area contributed by atoms with Crippen molar-refractivity contribution in [3.8, 4) is 17.7 Å². The molecular formula is C20H21N5O3S. The third-order valence-electron chi connectivity index (χ3n) is 5.28. The van der Waals surface area contributed by atoms with Crippen LogP contribution < -0.4 is 5.32 Å². The van der Waals surface area contributed by atoms with Gasteiger partial charge in [0.05, 0.1) is 17.6 Å². The fraction of sp³-hybridized carbons (Fsp3) is 0.400. The first-order valence-corrected chi connectivity index (χ1v) is 10.5. The first-order chi connectivity index (χ1) is 14.1. The lowest BCUT2D eigenvalue weighted by Crippen LogP contribution is -2.19. The first kappa shape index (κ1) is 19.3. The van der Waals surface area contributed by atoms with Crippen LogP contribution in [0.3, 0.4) is 0 Å². The number of aromatic nitrogens is 3. The molecule has 9 heteroatoms. The Morgan fingerprint density at radius 3 is 2.86 bits per heavy atom. The van der Waals surface area contributed by atoms with Crippen molar-refractivity contribution in [3.63, 3.8) is 0 Å². The second-order valence-corrected chi connectivity index (χ2v) is 7.97. The topological polar surface area (TPSA) is 110 Å². The van der Waals surface area contributed by atoms with Gasteiger partial charge in [0.25, 0.3) is 11.1 Å². The normalized spacial score (nSPS) is 14.2. The number of nitrogens with zero attached hydrogens (tertiary/aromatic N) is 4. The summed E-state index contributed by atoms with van der Waals surface area (Å²) in [7, 11) is 0. The van der Waals surface area contributed by atoms with Crippen molar-refractivity contribution in [2.75, 3.05) is 11.1 Å². The van der Waals surface area contributed by atoms with Crippen LogP contribution in [0.5, 0.6) is 0 Å². The Balaban J connectivity index is 1.47. The summed E-state index contributed by atoms with van der Waals surface area (Å²) in [5, 5.41) is 20.7. The van der Waals surface area contributed by atoms with E-state index in [4.69, 9.17) is 8.83 Å². The summed E-state index contributed by atoms with van der Waals surface area (Å²) in [4.78, 5) is 12.6. The van der Waals surface area contributed by atoms with Crippen LogP contribution in [-0.2, 0) is 4.79 Å². The van der Waals surface area contributed by atoms with Gasteiger partial charge < -0.3 is 18.7 Å². The maximum Gasteiger partial charge on any atom is 0.284 e. The molecule has 0 atom stereocenters. The Morgan fingerprint density at radius 1 is 1.38 bits per heavy atom. The van der Waals surface area contributed by atoms with Gasteiger partial charge in [0.15, 0.2) is 5.76 Å². The van der Waals surface area contributed by atoms with Crippen LogP contribution in [0.1, 0.15) is 48.5 Å². The number of anilines is 1. The highest BCUT2D eigenvalue weighted by molar-refractivity contribution is 7.99. The van der Waals surface area contributed by atoms with Gasteiger partial charge in [-0.05, 0) is 44.4 Å². The highest BCUT2D eigenvalue weighted by Gasteiger charge is 2.26. The summed E-state index contributed by atoms with van der Waals surface area (Å²) in [6.07, 6.45) is 5.99. The highest BCUT2D eigenvalue weighted by Crippen LogP contribution is 2.37. The van der Waals surface area contributed by atoms with Crippen molar-refractivity contribution >= 4 is 23.5 Å². The molecule has 0 saturated heterocycles. The van der Waals surface area contributed by atoms with Gasteiger partial charge >= 0.3 is 0 Å².